The van der Waals surface area contributed by atoms with Crippen molar-refractivity contribution in [1.82, 2.24) is 5.32 Å². The molecule has 0 spiro atoms. The molecule has 0 radical (unpaired) electrons. The van der Waals surface area contributed by atoms with Crippen molar-refractivity contribution < 1.29 is 14.8 Å². The van der Waals surface area contributed by atoms with Crippen LogP contribution in [0.5, 0.6) is 0 Å². The van der Waals surface area contributed by atoms with Crippen LogP contribution in [-0.2, 0) is 4.79 Å². The molecule has 114 valence electrons. The van der Waals surface area contributed by atoms with Gasteiger partial charge in [0.05, 0.1) is 16.9 Å². The lowest BCUT2D eigenvalue weighted by Gasteiger charge is -2.17. The number of nitro groups is 1. The van der Waals surface area contributed by atoms with Crippen LogP contribution in [0.2, 0.25) is 0 Å². The number of hydrogen-bond acceptors (Lipinski definition) is 4. The second-order valence-corrected chi connectivity index (χ2v) is 5.58. The van der Waals surface area contributed by atoms with Crippen molar-refractivity contribution in [2.75, 3.05) is 6.54 Å². The summed E-state index contributed by atoms with van der Waals surface area (Å²) in [6.45, 7) is 2.18. The van der Waals surface area contributed by atoms with E-state index in [0.717, 1.165) is 19.3 Å². The molecule has 2 rings (SSSR count). The summed E-state index contributed by atoms with van der Waals surface area (Å²) in [5.74, 6) is -0.510. The molecule has 1 aromatic carbocycles. The van der Waals surface area contributed by atoms with Gasteiger partial charge in [-0.05, 0) is 25.3 Å². The second kappa shape index (κ2) is 6.67. The van der Waals surface area contributed by atoms with Gasteiger partial charge in [-0.3, -0.25) is 14.9 Å². The zero-order valence-corrected chi connectivity index (χ0v) is 12.0. The number of amides is 1. The minimum absolute atomic E-state index is 0.0154. The highest BCUT2D eigenvalue weighted by Crippen LogP contribution is 2.25. The zero-order valence-electron chi connectivity index (χ0n) is 12.0. The van der Waals surface area contributed by atoms with Crippen LogP contribution < -0.4 is 5.32 Å². The predicted molar refractivity (Wildman–Crippen MR) is 77.9 cm³/mol. The highest BCUT2D eigenvalue weighted by atomic mass is 16.6. The van der Waals surface area contributed by atoms with Gasteiger partial charge in [0.2, 0.25) is 5.91 Å². The van der Waals surface area contributed by atoms with E-state index in [-0.39, 0.29) is 23.6 Å². The molecule has 1 fully saturated rings. The van der Waals surface area contributed by atoms with Crippen LogP contribution in [0.4, 0.5) is 5.69 Å². The first-order valence-electron chi connectivity index (χ1n) is 7.19. The molecule has 3 atom stereocenters. The number of benzene rings is 1. The summed E-state index contributed by atoms with van der Waals surface area (Å²) in [7, 11) is 0. The van der Waals surface area contributed by atoms with Gasteiger partial charge in [-0.2, -0.15) is 0 Å². The van der Waals surface area contributed by atoms with Gasteiger partial charge in [-0.1, -0.05) is 18.6 Å². The summed E-state index contributed by atoms with van der Waals surface area (Å²) in [6.07, 6.45) is 2.37. The van der Waals surface area contributed by atoms with Crippen LogP contribution in [0.25, 0.3) is 0 Å². The first-order valence-corrected chi connectivity index (χ1v) is 7.19. The Morgan fingerprint density at radius 2 is 2.29 bits per heavy atom. The SMILES string of the molecule is CC(C(=O)NCC1CCCC1O)c1cccc([N+](=O)[O-])c1. The number of hydrogen-bond donors (Lipinski definition) is 2. The molecule has 1 aromatic rings. The maximum Gasteiger partial charge on any atom is 0.269 e. The lowest BCUT2D eigenvalue weighted by Crippen LogP contribution is -2.34. The number of carbonyl (C=O) groups excluding carboxylic acids is 1. The molecular formula is C15H20N2O4. The Kier molecular flexibility index (Phi) is 4.90. The Bertz CT molecular complexity index is 532. The van der Waals surface area contributed by atoms with Gasteiger partial charge in [0.1, 0.15) is 0 Å². The van der Waals surface area contributed by atoms with Crippen LogP contribution in [0.1, 0.15) is 37.7 Å². The fraction of sp³-hybridized carbons (Fsp3) is 0.533. The monoisotopic (exact) mass is 292 g/mol. The first kappa shape index (κ1) is 15.4. The maximum absolute atomic E-state index is 12.1. The minimum atomic E-state index is -0.469. The maximum atomic E-state index is 12.1. The molecule has 2 N–H and O–H groups in total. The molecule has 0 aliphatic heterocycles. The van der Waals surface area contributed by atoms with Crippen molar-refractivity contribution in [2.45, 2.75) is 38.2 Å². The number of nitro benzene ring substituents is 1. The molecule has 1 amide bonds. The van der Waals surface area contributed by atoms with Crippen molar-refractivity contribution in [3.05, 3.63) is 39.9 Å². The Hall–Kier alpha value is -1.95. The smallest absolute Gasteiger partial charge is 0.269 e. The Labute approximate surface area is 123 Å². The van der Waals surface area contributed by atoms with E-state index >= 15 is 0 Å². The van der Waals surface area contributed by atoms with E-state index in [9.17, 15) is 20.0 Å². The van der Waals surface area contributed by atoms with Gasteiger partial charge < -0.3 is 10.4 Å². The third-order valence-electron chi connectivity index (χ3n) is 4.13. The highest BCUT2D eigenvalue weighted by Gasteiger charge is 2.26. The van der Waals surface area contributed by atoms with Gasteiger partial charge in [0.15, 0.2) is 0 Å². The number of carbonyl (C=O) groups is 1. The average Bonchev–Trinajstić information content (AvgIpc) is 2.89. The summed E-state index contributed by atoms with van der Waals surface area (Å²) in [5.41, 5.74) is 0.604. The van der Waals surface area contributed by atoms with Crippen LogP contribution in [-0.4, -0.2) is 28.6 Å². The molecule has 1 aliphatic rings. The topological polar surface area (TPSA) is 92.5 Å². The molecule has 0 aromatic heterocycles. The summed E-state index contributed by atoms with van der Waals surface area (Å²) < 4.78 is 0. The van der Waals surface area contributed by atoms with Crippen molar-refractivity contribution in [3.8, 4) is 0 Å². The minimum Gasteiger partial charge on any atom is -0.393 e. The van der Waals surface area contributed by atoms with E-state index in [0.29, 0.717) is 12.1 Å². The van der Waals surface area contributed by atoms with E-state index in [1.807, 2.05) is 0 Å². The fourth-order valence-corrected chi connectivity index (χ4v) is 2.70. The molecule has 1 aliphatic carbocycles. The fourth-order valence-electron chi connectivity index (χ4n) is 2.70. The van der Waals surface area contributed by atoms with E-state index in [2.05, 4.69) is 5.32 Å². The molecule has 21 heavy (non-hydrogen) atoms. The standard InChI is InChI=1S/C15H20N2O4/c1-10(11-4-2-6-13(8-11)17(20)21)15(19)16-9-12-5-3-7-14(12)18/h2,4,6,8,10,12,14,18H,3,5,7,9H2,1H3,(H,16,19). The van der Waals surface area contributed by atoms with Gasteiger partial charge >= 0.3 is 0 Å². The number of non-ortho nitro benzene ring substituents is 1. The van der Waals surface area contributed by atoms with Crippen molar-refractivity contribution >= 4 is 11.6 Å². The Morgan fingerprint density at radius 1 is 1.52 bits per heavy atom. The predicted octanol–water partition coefficient (Wildman–Crippen LogP) is 1.98. The number of rotatable bonds is 5. The molecule has 6 heteroatoms. The summed E-state index contributed by atoms with van der Waals surface area (Å²) >= 11 is 0. The summed E-state index contributed by atoms with van der Waals surface area (Å²) in [6, 6.07) is 6.12. The van der Waals surface area contributed by atoms with Crippen LogP contribution >= 0.6 is 0 Å². The third kappa shape index (κ3) is 3.78. The molecule has 0 heterocycles. The molecule has 1 saturated carbocycles. The van der Waals surface area contributed by atoms with Gasteiger partial charge in [-0.15, -0.1) is 0 Å². The Morgan fingerprint density at radius 3 is 2.90 bits per heavy atom. The summed E-state index contributed by atoms with van der Waals surface area (Å²) in [4.78, 5) is 22.4. The van der Waals surface area contributed by atoms with Crippen LogP contribution in [0.3, 0.4) is 0 Å². The quantitative estimate of drug-likeness (QED) is 0.641. The largest absolute Gasteiger partial charge is 0.393 e. The van der Waals surface area contributed by atoms with Crippen LogP contribution in [0, 0.1) is 16.0 Å². The van der Waals surface area contributed by atoms with E-state index in [1.54, 1.807) is 19.1 Å². The van der Waals surface area contributed by atoms with E-state index in [1.165, 1.54) is 12.1 Å². The molecule has 0 bridgehead atoms. The zero-order chi connectivity index (χ0) is 15.4. The number of nitrogens with zero attached hydrogens (tertiary/aromatic N) is 1. The first-order chi connectivity index (χ1) is 9.99. The van der Waals surface area contributed by atoms with Crippen LogP contribution in [0.15, 0.2) is 24.3 Å². The Balaban J connectivity index is 1.95. The average molecular weight is 292 g/mol. The second-order valence-electron chi connectivity index (χ2n) is 5.58. The number of aliphatic hydroxyl groups excluding tert-OH is 1. The molecule has 3 unspecified atom stereocenters. The van der Waals surface area contributed by atoms with Gasteiger partial charge in [0, 0.05) is 24.6 Å². The number of nitrogens with one attached hydrogen (secondary N) is 1. The summed E-state index contributed by atoms with van der Waals surface area (Å²) in [5, 5.41) is 23.3. The normalized spacial score (nSPS) is 22.8. The van der Waals surface area contributed by atoms with E-state index in [4.69, 9.17) is 0 Å². The molecule has 0 saturated heterocycles. The third-order valence-corrected chi connectivity index (χ3v) is 4.13. The van der Waals surface area contributed by atoms with Crippen molar-refractivity contribution in [2.24, 2.45) is 5.92 Å². The van der Waals surface area contributed by atoms with Gasteiger partial charge in [-0.25, -0.2) is 0 Å². The highest BCUT2D eigenvalue weighted by molar-refractivity contribution is 5.83. The molecular weight excluding hydrogens is 272 g/mol. The van der Waals surface area contributed by atoms with Gasteiger partial charge in [0.25, 0.3) is 5.69 Å². The lowest BCUT2D eigenvalue weighted by molar-refractivity contribution is -0.384. The molecule has 6 nitrogen and oxygen atoms in total. The van der Waals surface area contributed by atoms with Crippen molar-refractivity contribution in [1.29, 1.82) is 0 Å². The number of aliphatic hydroxyl groups is 1. The van der Waals surface area contributed by atoms with E-state index < -0.39 is 10.8 Å². The van der Waals surface area contributed by atoms with Crippen molar-refractivity contribution in [3.63, 3.8) is 0 Å². The lowest BCUT2D eigenvalue weighted by atomic mass is 9.99.